The van der Waals surface area contributed by atoms with E-state index in [0.717, 1.165) is 25.7 Å². The van der Waals surface area contributed by atoms with Gasteiger partial charge in [0, 0.05) is 18.5 Å². The van der Waals surface area contributed by atoms with Crippen LogP contribution in [0.2, 0.25) is 0 Å². The first-order valence-electron chi connectivity index (χ1n) is 7.95. The topological polar surface area (TPSA) is 70.6 Å². The third-order valence-electron chi connectivity index (χ3n) is 4.09. The summed E-state index contributed by atoms with van der Waals surface area (Å²) in [7, 11) is 1.59. The van der Waals surface area contributed by atoms with Crippen molar-refractivity contribution in [3.8, 4) is 5.75 Å². The number of aliphatic hydroxyl groups is 1. The van der Waals surface area contributed by atoms with Crippen LogP contribution in [0.1, 0.15) is 39.0 Å². The molecule has 1 atom stereocenters. The Morgan fingerprint density at radius 1 is 1.32 bits per heavy atom. The van der Waals surface area contributed by atoms with Gasteiger partial charge in [-0.2, -0.15) is 0 Å². The first-order chi connectivity index (χ1) is 10.6. The molecule has 3 N–H and O–H groups in total. The number of carbonyl (C=O) groups excluding carboxylic acids is 1. The first kappa shape index (κ1) is 16.8. The Morgan fingerprint density at radius 3 is 2.68 bits per heavy atom. The Hall–Kier alpha value is -1.59. The standard InChI is InChI=1S/C17H26N2O3/c1-12(18-13-7-9-14(20)10-8-13)11-17(21)19-15-5-3-4-6-16(15)22-2/h3-6,12-14,18,20H,7-11H2,1-2H3,(H,19,21)/t12-,13?,14?/m1/s1. The van der Waals surface area contributed by atoms with Gasteiger partial charge in [0.25, 0.3) is 0 Å². The molecule has 0 aromatic heterocycles. The molecule has 0 unspecified atom stereocenters. The Kier molecular flexibility index (Phi) is 6.21. The van der Waals surface area contributed by atoms with Gasteiger partial charge in [-0.1, -0.05) is 12.1 Å². The van der Waals surface area contributed by atoms with Crippen LogP contribution in [0.15, 0.2) is 24.3 Å². The predicted molar refractivity (Wildman–Crippen MR) is 87.1 cm³/mol. The van der Waals surface area contributed by atoms with Gasteiger partial charge >= 0.3 is 0 Å². The highest BCUT2D eigenvalue weighted by Gasteiger charge is 2.21. The second kappa shape index (κ2) is 8.15. The van der Waals surface area contributed by atoms with Gasteiger partial charge in [0.1, 0.15) is 5.75 Å². The van der Waals surface area contributed by atoms with Crippen molar-refractivity contribution in [1.29, 1.82) is 0 Å². The number of ether oxygens (including phenoxy) is 1. The Balaban J connectivity index is 1.78. The van der Waals surface area contributed by atoms with Crippen LogP contribution in [0.25, 0.3) is 0 Å². The molecule has 122 valence electrons. The van der Waals surface area contributed by atoms with Crippen LogP contribution < -0.4 is 15.4 Å². The Morgan fingerprint density at radius 2 is 2.00 bits per heavy atom. The van der Waals surface area contributed by atoms with E-state index in [1.807, 2.05) is 31.2 Å². The van der Waals surface area contributed by atoms with Crippen LogP contribution in [0.4, 0.5) is 5.69 Å². The van der Waals surface area contributed by atoms with Crippen LogP contribution >= 0.6 is 0 Å². The van der Waals surface area contributed by atoms with Crippen molar-refractivity contribution in [2.75, 3.05) is 12.4 Å². The van der Waals surface area contributed by atoms with E-state index in [1.54, 1.807) is 7.11 Å². The van der Waals surface area contributed by atoms with Gasteiger partial charge in [-0.25, -0.2) is 0 Å². The summed E-state index contributed by atoms with van der Waals surface area (Å²) in [5.41, 5.74) is 0.697. The van der Waals surface area contributed by atoms with Gasteiger partial charge in [-0.15, -0.1) is 0 Å². The van der Waals surface area contributed by atoms with E-state index in [1.165, 1.54) is 0 Å². The number of benzene rings is 1. The number of anilines is 1. The van der Waals surface area contributed by atoms with E-state index in [9.17, 15) is 9.90 Å². The minimum Gasteiger partial charge on any atom is -0.495 e. The number of nitrogens with one attached hydrogen (secondary N) is 2. The Bertz CT molecular complexity index is 485. The molecule has 0 saturated heterocycles. The molecule has 1 aromatic carbocycles. The molecule has 1 aliphatic rings. The summed E-state index contributed by atoms with van der Waals surface area (Å²) >= 11 is 0. The molecule has 1 aromatic rings. The van der Waals surface area contributed by atoms with Crippen molar-refractivity contribution in [1.82, 2.24) is 5.32 Å². The molecule has 0 heterocycles. The summed E-state index contributed by atoms with van der Waals surface area (Å²) in [6, 6.07) is 7.90. The number of hydrogen-bond donors (Lipinski definition) is 3. The lowest BCUT2D eigenvalue weighted by Gasteiger charge is -2.29. The van der Waals surface area contributed by atoms with Crippen molar-refractivity contribution < 1.29 is 14.6 Å². The predicted octanol–water partition coefficient (Wildman–Crippen LogP) is 2.31. The molecule has 0 bridgehead atoms. The summed E-state index contributed by atoms with van der Waals surface area (Å²) in [6.45, 7) is 2.02. The minimum absolute atomic E-state index is 0.0275. The second-order valence-corrected chi connectivity index (χ2v) is 6.03. The lowest BCUT2D eigenvalue weighted by molar-refractivity contribution is -0.116. The van der Waals surface area contributed by atoms with Crippen molar-refractivity contribution in [3.05, 3.63) is 24.3 Å². The summed E-state index contributed by atoms with van der Waals surface area (Å²) in [5, 5.41) is 15.9. The third-order valence-corrected chi connectivity index (χ3v) is 4.09. The zero-order chi connectivity index (χ0) is 15.9. The average molecular weight is 306 g/mol. The smallest absolute Gasteiger partial charge is 0.226 e. The van der Waals surface area contributed by atoms with Gasteiger partial charge in [0.15, 0.2) is 0 Å². The fraction of sp³-hybridized carbons (Fsp3) is 0.588. The zero-order valence-corrected chi connectivity index (χ0v) is 13.3. The molecule has 0 spiro atoms. The van der Waals surface area contributed by atoms with Crippen LogP contribution in [-0.4, -0.2) is 36.3 Å². The van der Waals surface area contributed by atoms with E-state index in [0.29, 0.717) is 23.9 Å². The molecule has 0 radical (unpaired) electrons. The number of methoxy groups -OCH3 is 1. The second-order valence-electron chi connectivity index (χ2n) is 6.03. The quantitative estimate of drug-likeness (QED) is 0.754. The van der Waals surface area contributed by atoms with Crippen LogP contribution in [0, 0.1) is 0 Å². The van der Waals surface area contributed by atoms with E-state index in [4.69, 9.17) is 4.74 Å². The van der Waals surface area contributed by atoms with Crippen molar-refractivity contribution in [2.24, 2.45) is 0 Å². The third kappa shape index (κ3) is 5.00. The number of para-hydroxylation sites is 2. The van der Waals surface area contributed by atoms with Gasteiger partial charge in [0.05, 0.1) is 18.9 Å². The van der Waals surface area contributed by atoms with Crippen LogP contribution in [-0.2, 0) is 4.79 Å². The fourth-order valence-corrected chi connectivity index (χ4v) is 2.93. The molecular weight excluding hydrogens is 280 g/mol. The normalized spacial score (nSPS) is 22.9. The molecule has 5 heteroatoms. The van der Waals surface area contributed by atoms with Gasteiger partial charge in [-0.05, 0) is 44.7 Å². The Labute approximate surface area is 132 Å². The number of aliphatic hydroxyl groups excluding tert-OH is 1. The summed E-state index contributed by atoms with van der Waals surface area (Å²) < 4.78 is 5.23. The lowest BCUT2D eigenvalue weighted by Crippen LogP contribution is -2.41. The molecule has 22 heavy (non-hydrogen) atoms. The fourth-order valence-electron chi connectivity index (χ4n) is 2.93. The summed E-state index contributed by atoms with van der Waals surface area (Å²) in [4.78, 5) is 12.1. The molecule has 0 aliphatic heterocycles. The van der Waals surface area contributed by atoms with Crippen LogP contribution in [0.5, 0.6) is 5.75 Å². The van der Waals surface area contributed by atoms with E-state index in [-0.39, 0.29) is 18.1 Å². The SMILES string of the molecule is COc1ccccc1NC(=O)C[C@@H](C)NC1CCC(O)CC1. The highest BCUT2D eigenvalue weighted by Crippen LogP contribution is 2.23. The van der Waals surface area contributed by atoms with Crippen LogP contribution in [0.3, 0.4) is 0 Å². The molecule has 1 aliphatic carbocycles. The molecule has 5 nitrogen and oxygen atoms in total. The zero-order valence-electron chi connectivity index (χ0n) is 13.3. The minimum atomic E-state index is -0.151. The number of rotatable bonds is 6. The average Bonchev–Trinajstić information content (AvgIpc) is 2.50. The summed E-state index contributed by atoms with van der Waals surface area (Å²) in [6.07, 6.45) is 3.90. The molecule has 1 fully saturated rings. The van der Waals surface area contributed by atoms with Gasteiger partial charge < -0.3 is 20.5 Å². The maximum absolute atomic E-state index is 12.1. The van der Waals surface area contributed by atoms with E-state index < -0.39 is 0 Å². The largest absolute Gasteiger partial charge is 0.495 e. The number of amides is 1. The highest BCUT2D eigenvalue weighted by molar-refractivity contribution is 5.92. The molecule has 1 amide bonds. The number of hydrogen-bond acceptors (Lipinski definition) is 4. The van der Waals surface area contributed by atoms with Gasteiger partial charge in [0.2, 0.25) is 5.91 Å². The summed E-state index contributed by atoms with van der Waals surface area (Å²) in [5.74, 6) is 0.637. The number of carbonyl (C=O) groups is 1. The first-order valence-corrected chi connectivity index (χ1v) is 7.95. The monoisotopic (exact) mass is 306 g/mol. The molecular formula is C17H26N2O3. The van der Waals surface area contributed by atoms with E-state index in [2.05, 4.69) is 10.6 Å². The maximum Gasteiger partial charge on any atom is 0.226 e. The van der Waals surface area contributed by atoms with Crippen molar-refractivity contribution in [2.45, 2.75) is 57.2 Å². The highest BCUT2D eigenvalue weighted by atomic mass is 16.5. The molecule has 1 saturated carbocycles. The van der Waals surface area contributed by atoms with E-state index >= 15 is 0 Å². The lowest BCUT2D eigenvalue weighted by atomic mass is 9.92. The molecule has 2 rings (SSSR count). The van der Waals surface area contributed by atoms with Crippen molar-refractivity contribution >= 4 is 11.6 Å². The maximum atomic E-state index is 12.1. The van der Waals surface area contributed by atoms with Gasteiger partial charge in [-0.3, -0.25) is 4.79 Å². The van der Waals surface area contributed by atoms with Crippen molar-refractivity contribution in [3.63, 3.8) is 0 Å².